The van der Waals surface area contributed by atoms with Crippen molar-refractivity contribution in [2.75, 3.05) is 5.73 Å². The van der Waals surface area contributed by atoms with Crippen LogP contribution >= 0.6 is 12.4 Å². The third kappa shape index (κ3) is 1.51. The first-order chi connectivity index (χ1) is 5.79. The third-order valence-corrected chi connectivity index (χ3v) is 1.84. The molecule has 4 heteroatoms. The molecule has 0 unspecified atom stereocenters. The van der Waals surface area contributed by atoms with E-state index in [0.29, 0.717) is 5.69 Å². The van der Waals surface area contributed by atoms with E-state index in [1.165, 1.54) is 0 Å². The first-order valence-corrected chi connectivity index (χ1v) is 3.60. The molecule has 68 valence electrons. The van der Waals surface area contributed by atoms with Crippen LogP contribution in [-0.2, 0) is 0 Å². The Hall–Kier alpha value is -1.48. The molecule has 0 amide bonds. The highest BCUT2D eigenvalue weighted by molar-refractivity contribution is 5.94. The van der Waals surface area contributed by atoms with E-state index >= 15 is 0 Å². The monoisotopic (exact) mass is 196 g/mol. The fourth-order valence-electron chi connectivity index (χ4n) is 1.17. The van der Waals surface area contributed by atoms with Crippen LogP contribution in [0.5, 0.6) is 5.75 Å². The Bertz CT molecular complexity index is 431. The fraction of sp³-hybridized carbons (Fsp3) is 0. The van der Waals surface area contributed by atoms with Crippen LogP contribution < -0.4 is 5.73 Å². The van der Waals surface area contributed by atoms with Crippen LogP contribution in [0.15, 0.2) is 30.6 Å². The molecule has 1 heterocycles. The summed E-state index contributed by atoms with van der Waals surface area (Å²) in [6.45, 7) is 0. The molecule has 1 aromatic carbocycles. The molecular weight excluding hydrogens is 188 g/mol. The van der Waals surface area contributed by atoms with E-state index < -0.39 is 0 Å². The van der Waals surface area contributed by atoms with Crippen molar-refractivity contribution in [2.24, 2.45) is 0 Å². The predicted octanol–water partition coefficient (Wildman–Crippen LogP) is 1.94. The highest BCUT2D eigenvalue weighted by Crippen LogP contribution is 2.28. The summed E-state index contributed by atoms with van der Waals surface area (Å²) in [6, 6.07) is 5.24. The molecule has 0 spiro atoms. The van der Waals surface area contributed by atoms with Gasteiger partial charge in [0.15, 0.2) is 0 Å². The maximum atomic E-state index is 9.26. The average molecular weight is 197 g/mol. The number of pyridine rings is 1. The van der Waals surface area contributed by atoms with Gasteiger partial charge in [-0.2, -0.15) is 0 Å². The van der Waals surface area contributed by atoms with E-state index in [2.05, 4.69) is 4.98 Å². The van der Waals surface area contributed by atoms with Gasteiger partial charge in [-0.15, -0.1) is 12.4 Å². The molecule has 2 rings (SSSR count). The number of benzene rings is 1. The molecule has 3 nitrogen and oxygen atoms in total. The molecule has 0 saturated heterocycles. The first kappa shape index (κ1) is 9.61. The standard InChI is InChI=1S/C9H8N2O.ClH/c10-9-7-5-11-4-3-6(7)1-2-8(9)12;/h1-5,12H,10H2;1H. The van der Waals surface area contributed by atoms with E-state index in [1.807, 2.05) is 12.1 Å². The topological polar surface area (TPSA) is 59.1 Å². The molecule has 0 bridgehead atoms. The number of anilines is 1. The summed E-state index contributed by atoms with van der Waals surface area (Å²) in [5, 5.41) is 11.0. The number of aromatic nitrogens is 1. The Morgan fingerprint density at radius 2 is 2.00 bits per heavy atom. The van der Waals surface area contributed by atoms with Crippen molar-refractivity contribution in [3.05, 3.63) is 30.6 Å². The predicted molar refractivity (Wildman–Crippen MR) is 55.1 cm³/mol. The number of nitrogens with two attached hydrogens (primary N) is 1. The molecule has 0 saturated carbocycles. The number of hydrogen-bond donors (Lipinski definition) is 2. The minimum atomic E-state index is 0. The Balaban J connectivity index is 0.000000845. The number of rotatable bonds is 0. The number of halogens is 1. The van der Waals surface area contributed by atoms with Gasteiger partial charge in [-0.3, -0.25) is 4.98 Å². The zero-order valence-electron chi connectivity index (χ0n) is 6.77. The SMILES string of the molecule is Cl.Nc1c(O)ccc2ccncc12. The summed E-state index contributed by atoms with van der Waals surface area (Å²) < 4.78 is 0. The lowest BCUT2D eigenvalue weighted by molar-refractivity contribution is 0.478. The quantitative estimate of drug-likeness (QED) is 0.500. The fourth-order valence-corrected chi connectivity index (χ4v) is 1.17. The number of hydrogen-bond acceptors (Lipinski definition) is 3. The van der Waals surface area contributed by atoms with Crippen LogP contribution in [0, 0.1) is 0 Å². The average Bonchev–Trinajstić information content (AvgIpc) is 2.12. The van der Waals surface area contributed by atoms with Gasteiger partial charge in [-0.25, -0.2) is 0 Å². The molecule has 3 N–H and O–H groups in total. The normalized spacial score (nSPS) is 9.54. The summed E-state index contributed by atoms with van der Waals surface area (Å²) >= 11 is 0. The second kappa shape index (κ2) is 3.49. The molecule has 0 aliphatic carbocycles. The summed E-state index contributed by atoms with van der Waals surface area (Å²) in [5.74, 6) is 0.107. The van der Waals surface area contributed by atoms with Crippen molar-refractivity contribution >= 4 is 28.9 Å². The summed E-state index contributed by atoms with van der Waals surface area (Å²) in [5.41, 5.74) is 6.02. The lowest BCUT2D eigenvalue weighted by Crippen LogP contribution is -1.87. The number of aromatic hydroxyl groups is 1. The van der Waals surface area contributed by atoms with E-state index in [-0.39, 0.29) is 18.2 Å². The van der Waals surface area contributed by atoms with Gasteiger partial charge < -0.3 is 10.8 Å². The van der Waals surface area contributed by atoms with Crippen molar-refractivity contribution in [1.82, 2.24) is 4.98 Å². The first-order valence-electron chi connectivity index (χ1n) is 3.60. The molecule has 0 aliphatic rings. The summed E-state index contributed by atoms with van der Waals surface area (Å²) in [7, 11) is 0. The van der Waals surface area contributed by atoms with Crippen molar-refractivity contribution in [1.29, 1.82) is 0 Å². The molecule has 2 aromatic rings. The highest BCUT2D eigenvalue weighted by Gasteiger charge is 2.01. The maximum absolute atomic E-state index is 9.26. The van der Waals surface area contributed by atoms with Gasteiger partial charge in [0, 0.05) is 17.8 Å². The number of nitrogens with zero attached hydrogens (tertiary/aromatic N) is 1. The molecule has 1 aromatic heterocycles. The molecule has 0 fully saturated rings. The number of nitrogen functional groups attached to an aromatic ring is 1. The molecule has 13 heavy (non-hydrogen) atoms. The molecule has 0 aliphatic heterocycles. The minimum absolute atomic E-state index is 0. The van der Waals surface area contributed by atoms with E-state index in [4.69, 9.17) is 5.73 Å². The second-order valence-electron chi connectivity index (χ2n) is 2.60. The Kier molecular flexibility index (Phi) is 2.58. The third-order valence-electron chi connectivity index (χ3n) is 1.84. The molecule has 0 atom stereocenters. The smallest absolute Gasteiger partial charge is 0.139 e. The maximum Gasteiger partial charge on any atom is 0.139 e. The van der Waals surface area contributed by atoms with Gasteiger partial charge in [-0.1, -0.05) is 6.07 Å². The van der Waals surface area contributed by atoms with Gasteiger partial charge in [-0.05, 0) is 17.5 Å². The van der Waals surface area contributed by atoms with Crippen molar-refractivity contribution in [3.63, 3.8) is 0 Å². The largest absolute Gasteiger partial charge is 0.506 e. The van der Waals surface area contributed by atoms with Crippen molar-refractivity contribution in [3.8, 4) is 5.75 Å². The lowest BCUT2D eigenvalue weighted by atomic mass is 10.1. The number of phenolic OH excluding ortho intramolecular Hbond substituents is 1. The van der Waals surface area contributed by atoms with E-state index in [1.54, 1.807) is 18.5 Å². The van der Waals surface area contributed by atoms with Crippen LogP contribution in [0.3, 0.4) is 0 Å². The van der Waals surface area contributed by atoms with Crippen LogP contribution in [0.25, 0.3) is 10.8 Å². The van der Waals surface area contributed by atoms with Crippen molar-refractivity contribution < 1.29 is 5.11 Å². The van der Waals surface area contributed by atoms with Crippen LogP contribution in [-0.4, -0.2) is 10.1 Å². The number of fused-ring (bicyclic) bond motifs is 1. The van der Waals surface area contributed by atoms with Gasteiger partial charge in [0.25, 0.3) is 0 Å². The Morgan fingerprint density at radius 1 is 1.23 bits per heavy atom. The molecule has 0 radical (unpaired) electrons. The van der Waals surface area contributed by atoms with Gasteiger partial charge in [0.2, 0.25) is 0 Å². The second-order valence-corrected chi connectivity index (χ2v) is 2.60. The van der Waals surface area contributed by atoms with Gasteiger partial charge in [0.05, 0.1) is 5.69 Å². The van der Waals surface area contributed by atoms with E-state index in [9.17, 15) is 5.11 Å². The van der Waals surface area contributed by atoms with Gasteiger partial charge >= 0.3 is 0 Å². The van der Waals surface area contributed by atoms with E-state index in [0.717, 1.165) is 10.8 Å². The highest BCUT2D eigenvalue weighted by atomic mass is 35.5. The lowest BCUT2D eigenvalue weighted by Gasteiger charge is -2.02. The van der Waals surface area contributed by atoms with Crippen LogP contribution in [0.1, 0.15) is 0 Å². The van der Waals surface area contributed by atoms with Crippen molar-refractivity contribution in [2.45, 2.75) is 0 Å². The zero-order valence-corrected chi connectivity index (χ0v) is 7.58. The van der Waals surface area contributed by atoms with Crippen LogP contribution in [0.4, 0.5) is 5.69 Å². The minimum Gasteiger partial charge on any atom is -0.506 e. The van der Waals surface area contributed by atoms with Gasteiger partial charge in [0.1, 0.15) is 5.75 Å². The van der Waals surface area contributed by atoms with Crippen LogP contribution in [0.2, 0.25) is 0 Å². The Morgan fingerprint density at radius 3 is 2.77 bits per heavy atom. The zero-order chi connectivity index (χ0) is 8.55. The summed E-state index contributed by atoms with van der Waals surface area (Å²) in [4.78, 5) is 3.92. The number of phenols is 1. The Labute approximate surface area is 81.6 Å². The molecular formula is C9H9ClN2O. The summed E-state index contributed by atoms with van der Waals surface area (Å²) in [6.07, 6.45) is 3.34.